The van der Waals surface area contributed by atoms with Crippen molar-refractivity contribution >= 4 is 41.3 Å². The molecule has 3 rings (SSSR count). The molecule has 1 aliphatic heterocycles. The molecule has 0 bridgehead atoms. The third-order valence-electron chi connectivity index (χ3n) is 6.41. The number of carbonyl (C=O) groups excluding carboxylic acids is 7. The second-order valence-corrected chi connectivity index (χ2v) is 9.36. The second kappa shape index (κ2) is 14.0. The number of nitrogens with zero attached hydrogens (tertiary/aromatic N) is 1. The second-order valence-electron chi connectivity index (χ2n) is 9.36. The van der Waals surface area contributed by atoms with E-state index in [4.69, 9.17) is 0 Å². The van der Waals surface area contributed by atoms with Crippen molar-refractivity contribution in [3.05, 3.63) is 35.9 Å². The first kappa shape index (κ1) is 29.3. The summed E-state index contributed by atoms with van der Waals surface area (Å²) < 4.78 is 4.49. The molecule has 1 saturated carbocycles. The van der Waals surface area contributed by atoms with Gasteiger partial charge in [-0.25, -0.2) is 0 Å². The van der Waals surface area contributed by atoms with Crippen LogP contribution in [0.5, 0.6) is 0 Å². The smallest absolute Gasteiger partial charge is 0.325 e. The lowest BCUT2D eigenvalue weighted by molar-refractivity contribution is -0.143. The summed E-state index contributed by atoms with van der Waals surface area (Å²) in [7, 11) is 1.19. The molecule has 0 unspecified atom stereocenters. The molecule has 1 aromatic rings. The maximum absolute atomic E-state index is 13.0. The van der Waals surface area contributed by atoms with Gasteiger partial charge in [0.05, 0.1) is 13.7 Å². The van der Waals surface area contributed by atoms with Crippen LogP contribution in [0.15, 0.2) is 30.3 Å². The van der Waals surface area contributed by atoms with Crippen molar-refractivity contribution in [1.29, 1.82) is 0 Å². The fourth-order valence-electron chi connectivity index (χ4n) is 4.06. The third-order valence-corrected chi connectivity index (χ3v) is 6.41. The number of Topliss-reactive ketones (excluding diaryl/α,β-unsaturated/α-hetero) is 1. The Morgan fingerprint density at radius 2 is 1.69 bits per heavy atom. The molecule has 2 atom stereocenters. The summed E-state index contributed by atoms with van der Waals surface area (Å²) in [6, 6.07) is 6.16. The van der Waals surface area contributed by atoms with Gasteiger partial charge in [-0.1, -0.05) is 18.2 Å². The van der Waals surface area contributed by atoms with Gasteiger partial charge in [-0.2, -0.15) is 0 Å². The van der Waals surface area contributed by atoms with Crippen LogP contribution in [-0.4, -0.2) is 91.1 Å². The van der Waals surface area contributed by atoms with E-state index in [1.54, 1.807) is 30.3 Å². The molecular formula is C26H33N5O8. The van der Waals surface area contributed by atoms with E-state index in [1.807, 2.05) is 0 Å². The zero-order chi connectivity index (χ0) is 28.4. The summed E-state index contributed by atoms with van der Waals surface area (Å²) in [6.45, 7) is -0.484. The average molecular weight is 544 g/mol. The molecule has 2 fully saturated rings. The number of nitrogens with one attached hydrogen (secondary N) is 4. The molecule has 1 aromatic carbocycles. The fourth-order valence-corrected chi connectivity index (χ4v) is 4.06. The molecule has 0 spiro atoms. The van der Waals surface area contributed by atoms with Crippen molar-refractivity contribution in [2.75, 3.05) is 26.7 Å². The number of likely N-dealkylation sites (tertiary alicyclic amines) is 1. The van der Waals surface area contributed by atoms with Gasteiger partial charge < -0.3 is 30.9 Å². The number of hydrogen-bond donors (Lipinski definition) is 4. The van der Waals surface area contributed by atoms with Crippen molar-refractivity contribution in [2.24, 2.45) is 0 Å². The molecule has 4 N–H and O–H groups in total. The average Bonchev–Trinajstić information content (AvgIpc) is 3.62. The van der Waals surface area contributed by atoms with E-state index >= 15 is 0 Å². The van der Waals surface area contributed by atoms with Crippen LogP contribution < -0.4 is 21.3 Å². The summed E-state index contributed by atoms with van der Waals surface area (Å²) >= 11 is 0. The maximum Gasteiger partial charge on any atom is 0.325 e. The Morgan fingerprint density at radius 1 is 0.974 bits per heavy atom. The van der Waals surface area contributed by atoms with Gasteiger partial charge in [-0.3, -0.25) is 33.6 Å². The lowest BCUT2D eigenvalue weighted by Crippen LogP contribution is -2.52. The molecule has 39 heavy (non-hydrogen) atoms. The molecule has 1 saturated heterocycles. The number of hydrogen-bond acceptors (Lipinski definition) is 8. The van der Waals surface area contributed by atoms with Crippen LogP contribution in [0.4, 0.5) is 0 Å². The van der Waals surface area contributed by atoms with Crippen LogP contribution in [-0.2, 0) is 33.5 Å². The molecule has 0 radical (unpaired) electrons. The van der Waals surface area contributed by atoms with E-state index in [2.05, 4.69) is 26.0 Å². The van der Waals surface area contributed by atoms with Crippen LogP contribution in [0.2, 0.25) is 0 Å². The van der Waals surface area contributed by atoms with Crippen LogP contribution in [0.3, 0.4) is 0 Å². The highest BCUT2D eigenvalue weighted by molar-refractivity contribution is 6.36. The van der Waals surface area contributed by atoms with Crippen molar-refractivity contribution in [3.8, 4) is 0 Å². The minimum Gasteiger partial charge on any atom is -0.468 e. The van der Waals surface area contributed by atoms with E-state index in [9.17, 15) is 33.6 Å². The van der Waals surface area contributed by atoms with Gasteiger partial charge in [0.25, 0.3) is 11.8 Å². The Morgan fingerprint density at radius 3 is 2.36 bits per heavy atom. The zero-order valence-corrected chi connectivity index (χ0v) is 21.7. The largest absolute Gasteiger partial charge is 0.468 e. The molecule has 2 aliphatic rings. The molecular weight excluding hydrogens is 510 g/mol. The van der Waals surface area contributed by atoms with E-state index in [1.165, 1.54) is 12.0 Å². The maximum atomic E-state index is 13.0. The number of rotatable bonds is 13. The number of ether oxygens (including phenoxy) is 1. The molecule has 13 nitrogen and oxygen atoms in total. The summed E-state index contributed by atoms with van der Waals surface area (Å²) in [5.41, 5.74) is 0.294. The SMILES string of the molecule is COC(=O)CNC(=O)[C@@H]1CCCN1C(=O)CNC(=O)[C@H](CCC(=O)C(=O)NC1CC1)NC(=O)c1ccccc1. The van der Waals surface area contributed by atoms with Gasteiger partial charge >= 0.3 is 5.97 Å². The van der Waals surface area contributed by atoms with Gasteiger partial charge in [0.1, 0.15) is 18.6 Å². The number of esters is 1. The zero-order valence-electron chi connectivity index (χ0n) is 21.7. The first-order chi connectivity index (χ1) is 18.7. The minimum absolute atomic E-state index is 0.00121. The molecule has 210 valence electrons. The Bertz CT molecular complexity index is 1100. The highest BCUT2D eigenvalue weighted by Gasteiger charge is 2.35. The first-order valence-electron chi connectivity index (χ1n) is 12.8. The Balaban J connectivity index is 1.58. The Hall–Kier alpha value is -4.29. The van der Waals surface area contributed by atoms with Crippen LogP contribution in [0.25, 0.3) is 0 Å². The number of benzene rings is 1. The Kier molecular flexibility index (Phi) is 10.5. The van der Waals surface area contributed by atoms with Gasteiger partial charge in [0, 0.05) is 24.6 Å². The predicted octanol–water partition coefficient (Wildman–Crippen LogP) is -1.19. The highest BCUT2D eigenvalue weighted by atomic mass is 16.5. The first-order valence-corrected chi connectivity index (χ1v) is 12.8. The number of amides is 5. The van der Waals surface area contributed by atoms with E-state index in [0.29, 0.717) is 24.9 Å². The molecule has 13 heteroatoms. The van der Waals surface area contributed by atoms with Crippen LogP contribution >= 0.6 is 0 Å². The monoisotopic (exact) mass is 543 g/mol. The molecule has 1 aliphatic carbocycles. The Labute approximate surface area is 225 Å². The number of carbonyl (C=O) groups is 7. The molecule has 1 heterocycles. The molecule has 0 aromatic heterocycles. The van der Waals surface area contributed by atoms with Gasteiger partial charge in [-0.05, 0) is 44.2 Å². The van der Waals surface area contributed by atoms with Crippen LogP contribution in [0.1, 0.15) is 48.9 Å². The van der Waals surface area contributed by atoms with Gasteiger partial charge in [0.2, 0.25) is 23.5 Å². The topological polar surface area (TPSA) is 180 Å². The van der Waals surface area contributed by atoms with Crippen molar-refractivity contribution in [2.45, 2.75) is 56.7 Å². The highest BCUT2D eigenvalue weighted by Crippen LogP contribution is 2.19. The van der Waals surface area contributed by atoms with Crippen molar-refractivity contribution in [3.63, 3.8) is 0 Å². The van der Waals surface area contributed by atoms with E-state index in [-0.39, 0.29) is 25.4 Å². The van der Waals surface area contributed by atoms with Crippen molar-refractivity contribution < 1.29 is 38.3 Å². The summed E-state index contributed by atoms with van der Waals surface area (Å²) in [5.74, 6) is -4.36. The normalized spacial score (nSPS) is 16.9. The number of methoxy groups -OCH3 is 1. The summed E-state index contributed by atoms with van der Waals surface area (Å²) in [5, 5.41) is 10.1. The third kappa shape index (κ3) is 8.90. The van der Waals surface area contributed by atoms with E-state index < -0.39 is 59.9 Å². The summed E-state index contributed by atoms with van der Waals surface area (Å²) in [6.07, 6.45) is 2.16. The van der Waals surface area contributed by atoms with E-state index in [0.717, 1.165) is 12.8 Å². The lowest BCUT2D eigenvalue weighted by atomic mass is 10.1. The standard InChI is InChI=1S/C26H33N5O8/c1-39-22(34)15-28-25(37)19-8-5-13-31(19)21(33)14-27-24(36)18(30-23(35)16-6-3-2-4-7-16)11-12-20(32)26(38)29-17-9-10-17/h2-4,6-7,17-19H,5,8-15H2,1H3,(H,27,36)(H,28,37)(H,29,38)(H,30,35)/t18-,19-/m0/s1. The minimum atomic E-state index is -1.19. The molecule has 5 amide bonds. The lowest BCUT2D eigenvalue weighted by Gasteiger charge is -2.24. The summed E-state index contributed by atoms with van der Waals surface area (Å²) in [4.78, 5) is 87.8. The predicted molar refractivity (Wildman–Crippen MR) is 136 cm³/mol. The van der Waals surface area contributed by atoms with Gasteiger partial charge in [-0.15, -0.1) is 0 Å². The number of ketones is 1. The van der Waals surface area contributed by atoms with Gasteiger partial charge in [0.15, 0.2) is 0 Å². The fraction of sp³-hybridized carbons (Fsp3) is 0.500. The van der Waals surface area contributed by atoms with Crippen LogP contribution in [0, 0.1) is 0 Å². The quantitative estimate of drug-likeness (QED) is 0.177. The van der Waals surface area contributed by atoms with Crippen molar-refractivity contribution in [1.82, 2.24) is 26.2 Å².